The van der Waals surface area contributed by atoms with Crippen molar-refractivity contribution in [2.24, 2.45) is 0 Å². The Morgan fingerprint density at radius 1 is 1.30 bits per heavy atom. The molecule has 1 aromatic carbocycles. The number of carboxylic acid groups (broad SMARTS) is 1. The number of fused-ring (bicyclic) bond motifs is 1. The Hall–Kier alpha value is -1.93. The largest absolute Gasteiger partial charge is 0.478 e. The number of alkyl halides is 3. The monoisotopic (exact) mass is 347 g/mol. The van der Waals surface area contributed by atoms with Gasteiger partial charge in [-0.1, -0.05) is 23.7 Å². The maximum atomic E-state index is 13.4. The van der Waals surface area contributed by atoms with Crippen LogP contribution in [-0.4, -0.2) is 34.8 Å². The fourth-order valence-corrected chi connectivity index (χ4v) is 2.95. The van der Waals surface area contributed by atoms with Gasteiger partial charge in [0.05, 0.1) is 18.2 Å². The molecule has 0 radical (unpaired) electrons. The van der Waals surface area contributed by atoms with Gasteiger partial charge in [-0.15, -0.1) is 0 Å². The molecule has 3 N–H and O–H groups in total. The topological polar surface area (TPSA) is 64.6 Å². The Labute approximate surface area is 134 Å². The second kappa shape index (κ2) is 5.61. The van der Waals surface area contributed by atoms with Crippen LogP contribution in [0.5, 0.6) is 0 Å². The molecule has 1 saturated heterocycles. The van der Waals surface area contributed by atoms with Gasteiger partial charge in [-0.2, -0.15) is 13.2 Å². The average Bonchev–Trinajstić information content (AvgIpc) is 2.89. The maximum Gasteiger partial charge on any atom is 0.410 e. The quantitative estimate of drug-likeness (QED) is 0.767. The molecule has 0 amide bonds. The minimum absolute atomic E-state index is 0.0361. The van der Waals surface area contributed by atoms with Crippen molar-refractivity contribution < 1.29 is 23.1 Å². The van der Waals surface area contributed by atoms with Crippen LogP contribution in [-0.2, 0) is 4.79 Å². The predicted molar refractivity (Wildman–Crippen MR) is 76.3 cm³/mol. The van der Waals surface area contributed by atoms with Crippen LogP contribution < -0.4 is 10.7 Å². The molecule has 2 atom stereocenters. The smallest absolute Gasteiger partial charge is 0.410 e. The predicted octanol–water partition coefficient (Wildman–Crippen LogP) is 2.42. The molecule has 1 fully saturated rings. The van der Waals surface area contributed by atoms with Crippen molar-refractivity contribution in [1.82, 2.24) is 15.8 Å². The van der Waals surface area contributed by atoms with Gasteiger partial charge >= 0.3 is 12.1 Å². The Kier molecular flexibility index (Phi) is 3.89. The van der Waals surface area contributed by atoms with Gasteiger partial charge < -0.3 is 10.4 Å². The molecule has 2 aliphatic rings. The van der Waals surface area contributed by atoms with E-state index >= 15 is 0 Å². The number of hydrazine groups is 1. The van der Waals surface area contributed by atoms with Gasteiger partial charge in [-0.25, -0.2) is 10.2 Å². The van der Waals surface area contributed by atoms with E-state index in [4.69, 9.17) is 11.6 Å². The fourth-order valence-electron chi connectivity index (χ4n) is 2.82. The Bertz CT molecular complexity index is 660. The minimum Gasteiger partial charge on any atom is -0.478 e. The van der Waals surface area contributed by atoms with Crippen molar-refractivity contribution in [2.75, 3.05) is 6.54 Å². The standard InChI is InChI=1S/C14H13ClF3N3O2/c15-8-3-1-7(2-4-8)10-5-11(14(16,17)18)21-12(20-10)9(6-19-21)13(22)23/h1-4,10-11,19-20H,5-6H2,(H,22,23). The summed E-state index contributed by atoms with van der Waals surface area (Å²) in [6.07, 6.45) is -4.73. The first kappa shape index (κ1) is 15.9. The summed E-state index contributed by atoms with van der Waals surface area (Å²) in [6.45, 7) is -0.155. The Balaban J connectivity index is 1.99. The van der Waals surface area contributed by atoms with Gasteiger partial charge in [0, 0.05) is 11.4 Å². The summed E-state index contributed by atoms with van der Waals surface area (Å²) in [6, 6.07) is 3.98. The van der Waals surface area contributed by atoms with Gasteiger partial charge in [0.2, 0.25) is 0 Å². The highest BCUT2D eigenvalue weighted by Gasteiger charge is 2.51. The maximum absolute atomic E-state index is 13.4. The summed E-state index contributed by atoms with van der Waals surface area (Å²) in [5.74, 6) is -1.29. The summed E-state index contributed by atoms with van der Waals surface area (Å²) in [5.41, 5.74) is 3.01. The molecule has 9 heteroatoms. The molecule has 2 unspecified atom stereocenters. The van der Waals surface area contributed by atoms with Gasteiger partial charge in [-0.05, 0) is 17.7 Å². The molecule has 0 spiro atoms. The first-order valence-corrected chi connectivity index (χ1v) is 7.23. The summed E-state index contributed by atoms with van der Waals surface area (Å²) >= 11 is 5.80. The number of aliphatic carboxylic acids is 1. The van der Waals surface area contributed by atoms with Crippen LogP contribution >= 0.6 is 11.6 Å². The van der Waals surface area contributed by atoms with Crippen molar-refractivity contribution in [1.29, 1.82) is 0 Å². The molecular formula is C14H13ClF3N3O2. The molecule has 0 aliphatic carbocycles. The van der Waals surface area contributed by atoms with Crippen molar-refractivity contribution in [3.8, 4) is 0 Å². The van der Waals surface area contributed by atoms with Gasteiger partial charge in [0.15, 0.2) is 0 Å². The van der Waals surface area contributed by atoms with E-state index in [2.05, 4.69) is 10.7 Å². The number of hydrogen-bond donors (Lipinski definition) is 3. The number of nitrogens with one attached hydrogen (secondary N) is 2. The summed E-state index contributed by atoms with van der Waals surface area (Å²) in [4.78, 5) is 11.2. The number of benzene rings is 1. The fraction of sp³-hybridized carbons (Fsp3) is 0.357. The summed E-state index contributed by atoms with van der Waals surface area (Å²) in [7, 11) is 0. The zero-order chi connectivity index (χ0) is 16.8. The highest BCUT2D eigenvalue weighted by molar-refractivity contribution is 6.30. The number of carboxylic acids is 1. The highest BCUT2D eigenvalue weighted by Crippen LogP contribution is 2.39. The molecule has 5 nitrogen and oxygen atoms in total. The first-order chi connectivity index (χ1) is 10.8. The third kappa shape index (κ3) is 2.96. The molecule has 124 valence electrons. The number of carbonyl (C=O) groups is 1. The molecule has 2 heterocycles. The number of halogens is 4. The Morgan fingerprint density at radius 3 is 2.52 bits per heavy atom. The van der Waals surface area contributed by atoms with E-state index in [1.165, 1.54) is 0 Å². The van der Waals surface area contributed by atoms with Crippen molar-refractivity contribution in [2.45, 2.75) is 24.7 Å². The number of nitrogens with zero attached hydrogens (tertiary/aromatic N) is 1. The SMILES string of the molecule is O=C(O)C1=C2NC(c3ccc(Cl)cc3)CC(C(F)(F)F)N2NC1. The summed E-state index contributed by atoms with van der Waals surface area (Å²) < 4.78 is 40.1. The highest BCUT2D eigenvalue weighted by atomic mass is 35.5. The average molecular weight is 348 g/mol. The van der Waals surface area contributed by atoms with Crippen LogP contribution in [0.15, 0.2) is 35.7 Å². The lowest BCUT2D eigenvalue weighted by Crippen LogP contribution is -2.56. The third-order valence-corrected chi connectivity index (χ3v) is 4.19. The molecule has 0 saturated carbocycles. The molecule has 0 aromatic heterocycles. The molecule has 3 rings (SSSR count). The van der Waals surface area contributed by atoms with E-state index in [0.29, 0.717) is 10.6 Å². The second-order valence-electron chi connectivity index (χ2n) is 5.38. The van der Waals surface area contributed by atoms with Crippen LogP contribution in [0.2, 0.25) is 5.02 Å². The molecule has 23 heavy (non-hydrogen) atoms. The van der Waals surface area contributed by atoms with Crippen LogP contribution in [0.3, 0.4) is 0 Å². The van der Waals surface area contributed by atoms with E-state index in [1.807, 2.05) is 0 Å². The van der Waals surface area contributed by atoms with Crippen molar-refractivity contribution >= 4 is 17.6 Å². The second-order valence-corrected chi connectivity index (χ2v) is 5.82. The van der Waals surface area contributed by atoms with E-state index in [-0.39, 0.29) is 24.4 Å². The van der Waals surface area contributed by atoms with E-state index in [9.17, 15) is 23.1 Å². The lowest BCUT2D eigenvalue weighted by Gasteiger charge is -2.41. The van der Waals surface area contributed by atoms with E-state index in [0.717, 1.165) is 5.01 Å². The summed E-state index contributed by atoms with van der Waals surface area (Å²) in [5, 5.41) is 13.4. The van der Waals surface area contributed by atoms with Gasteiger partial charge in [-0.3, -0.25) is 5.01 Å². The van der Waals surface area contributed by atoms with Crippen LogP contribution in [0.4, 0.5) is 13.2 Å². The zero-order valence-electron chi connectivity index (χ0n) is 11.7. The van der Waals surface area contributed by atoms with E-state index < -0.39 is 24.2 Å². The van der Waals surface area contributed by atoms with Crippen LogP contribution in [0, 0.1) is 0 Å². The molecule has 1 aromatic rings. The normalized spacial score (nSPS) is 24.4. The van der Waals surface area contributed by atoms with E-state index in [1.54, 1.807) is 24.3 Å². The number of rotatable bonds is 2. The van der Waals surface area contributed by atoms with Crippen LogP contribution in [0.25, 0.3) is 0 Å². The number of hydrogen-bond acceptors (Lipinski definition) is 4. The lowest BCUT2D eigenvalue weighted by atomic mass is 9.96. The molecular weight excluding hydrogens is 335 g/mol. The van der Waals surface area contributed by atoms with Crippen LogP contribution in [0.1, 0.15) is 18.0 Å². The van der Waals surface area contributed by atoms with Gasteiger partial charge in [0.25, 0.3) is 0 Å². The molecule has 0 bridgehead atoms. The third-order valence-electron chi connectivity index (χ3n) is 3.94. The van der Waals surface area contributed by atoms with Gasteiger partial charge in [0.1, 0.15) is 11.9 Å². The Morgan fingerprint density at radius 2 is 1.96 bits per heavy atom. The van der Waals surface area contributed by atoms with Crippen molar-refractivity contribution in [3.63, 3.8) is 0 Å². The lowest BCUT2D eigenvalue weighted by molar-refractivity contribution is -0.193. The first-order valence-electron chi connectivity index (χ1n) is 6.85. The van der Waals surface area contributed by atoms with Crippen molar-refractivity contribution in [3.05, 3.63) is 46.2 Å². The zero-order valence-corrected chi connectivity index (χ0v) is 12.4. The molecule has 2 aliphatic heterocycles. The minimum atomic E-state index is -4.49.